The van der Waals surface area contributed by atoms with Crippen LogP contribution in [0.3, 0.4) is 0 Å². The van der Waals surface area contributed by atoms with Gasteiger partial charge in [-0.3, -0.25) is 0 Å². The Kier molecular flexibility index (Phi) is 3.91. The molecule has 0 spiro atoms. The maximum absolute atomic E-state index is 15.2. The molecule has 0 radical (unpaired) electrons. The van der Waals surface area contributed by atoms with Crippen LogP contribution >= 0.6 is 11.3 Å². The molecule has 0 amide bonds. The predicted octanol–water partition coefficient (Wildman–Crippen LogP) is 5.40. The highest BCUT2D eigenvalue weighted by Crippen LogP contribution is 2.44. The second-order valence-corrected chi connectivity index (χ2v) is 7.30. The summed E-state index contributed by atoms with van der Waals surface area (Å²) in [5.41, 5.74) is -0.233. The number of thiophene rings is 1. The SMILES string of the molecule is CC1CCc2c(cc(F)c(-c3c(C(=O)O)sc4cc(F)ccc34)c2F)O1. The molecule has 1 aliphatic heterocycles. The fraction of sp³-hybridized carbons (Fsp3) is 0.211. The molecule has 3 aromatic rings. The van der Waals surface area contributed by atoms with E-state index in [0.29, 0.717) is 22.9 Å². The Morgan fingerprint density at radius 1 is 1.23 bits per heavy atom. The summed E-state index contributed by atoms with van der Waals surface area (Å²) in [6, 6.07) is 4.75. The van der Waals surface area contributed by atoms with Gasteiger partial charge in [-0.2, -0.15) is 0 Å². The number of hydrogen-bond donors (Lipinski definition) is 1. The largest absolute Gasteiger partial charge is 0.490 e. The standard InChI is InChI=1S/C19H13F3O3S/c1-8-2-4-10-13(25-8)7-12(21)16(17(10)22)15-11-5-3-9(20)6-14(11)26-18(15)19(23)24/h3,5-8H,2,4H2,1H3,(H,23,24). The lowest BCUT2D eigenvalue weighted by Crippen LogP contribution is -2.20. The van der Waals surface area contributed by atoms with Gasteiger partial charge in [-0.1, -0.05) is 0 Å². The molecule has 2 aromatic carbocycles. The third-order valence-electron chi connectivity index (χ3n) is 4.50. The normalized spacial score (nSPS) is 16.4. The summed E-state index contributed by atoms with van der Waals surface area (Å²) in [5, 5.41) is 9.80. The number of hydrogen-bond acceptors (Lipinski definition) is 3. The van der Waals surface area contributed by atoms with Gasteiger partial charge in [0.05, 0.1) is 11.7 Å². The highest BCUT2D eigenvalue weighted by atomic mass is 32.1. The minimum atomic E-state index is -1.32. The second-order valence-electron chi connectivity index (χ2n) is 6.24. The molecule has 0 saturated heterocycles. The Morgan fingerprint density at radius 3 is 2.73 bits per heavy atom. The quantitative estimate of drug-likeness (QED) is 0.650. The molecule has 134 valence electrons. The summed E-state index contributed by atoms with van der Waals surface area (Å²) in [6.45, 7) is 1.82. The van der Waals surface area contributed by atoms with E-state index >= 15 is 4.39 Å². The first-order valence-electron chi connectivity index (χ1n) is 8.00. The van der Waals surface area contributed by atoms with Crippen molar-refractivity contribution in [1.29, 1.82) is 0 Å². The first-order valence-corrected chi connectivity index (χ1v) is 8.81. The second kappa shape index (κ2) is 6.02. The third-order valence-corrected chi connectivity index (χ3v) is 5.64. The van der Waals surface area contributed by atoms with Crippen LogP contribution in [0.1, 0.15) is 28.6 Å². The molecule has 7 heteroatoms. The molecule has 2 heterocycles. The van der Waals surface area contributed by atoms with Gasteiger partial charge in [-0.15, -0.1) is 11.3 Å². The van der Waals surface area contributed by atoms with Gasteiger partial charge in [0.25, 0.3) is 0 Å². The Morgan fingerprint density at radius 2 is 2.00 bits per heavy atom. The van der Waals surface area contributed by atoms with Gasteiger partial charge in [0, 0.05) is 27.3 Å². The van der Waals surface area contributed by atoms with Crippen molar-refractivity contribution < 1.29 is 27.8 Å². The highest BCUT2D eigenvalue weighted by molar-refractivity contribution is 7.21. The number of carbonyl (C=O) groups is 1. The predicted molar refractivity (Wildman–Crippen MR) is 92.5 cm³/mol. The zero-order valence-electron chi connectivity index (χ0n) is 13.6. The number of benzene rings is 2. The van der Waals surface area contributed by atoms with Crippen LogP contribution in [0, 0.1) is 17.5 Å². The monoisotopic (exact) mass is 378 g/mol. The number of carboxylic acids is 1. The maximum atomic E-state index is 15.2. The van der Waals surface area contributed by atoms with Crippen LogP contribution in [0.2, 0.25) is 0 Å². The average molecular weight is 378 g/mol. The van der Waals surface area contributed by atoms with Gasteiger partial charge >= 0.3 is 5.97 Å². The Balaban J connectivity index is 2.05. The van der Waals surface area contributed by atoms with Crippen LogP contribution in [0.15, 0.2) is 24.3 Å². The van der Waals surface area contributed by atoms with Crippen molar-refractivity contribution in [2.24, 2.45) is 0 Å². The number of ether oxygens (including phenoxy) is 1. The molecule has 1 N–H and O–H groups in total. The third kappa shape index (κ3) is 2.54. The van der Waals surface area contributed by atoms with E-state index in [0.717, 1.165) is 29.5 Å². The molecule has 1 aromatic heterocycles. The summed E-state index contributed by atoms with van der Waals surface area (Å²) < 4.78 is 49.3. The summed E-state index contributed by atoms with van der Waals surface area (Å²) >= 11 is 0.792. The molecule has 26 heavy (non-hydrogen) atoms. The Labute approximate surface area is 150 Å². The number of aromatic carboxylic acids is 1. The lowest BCUT2D eigenvalue weighted by atomic mass is 9.94. The van der Waals surface area contributed by atoms with Gasteiger partial charge in [0.1, 0.15) is 28.1 Å². The topological polar surface area (TPSA) is 46.5 Å². The molecule has 0 aliphatic carbocycles. The van der Waals surface area contributed by atoms with E-state index in [1.165, 1.54) is 6.07 Å². The van der Waals surface area contributed by atoms with E-state index in [-0.39, 0.29) is 27.9 Å². The fourth-order valence-electron chi connectivity index (χ4n) is 3.30. The molecule has 3 nitrogen and oxygen atoms in total. The molecule has 1 unspecified atom stereocenters. The van der Waals surface area contributed by atoms with Crippen molar-refractivity contribution >= 4 is 27.4 Å². The van der Waals surface area contributed by atoms with Crippen LogP contribution < -0.4 is 4.74 Å². The molecule has 4 rings (SSSR count). The molecular weight excluding hydrogens is 365 g/mol. The van der Waals surface area contributed by atoms with E-state index in [2.05, 4.69) is 0 Å². The van der Waals surface area contributed by atoms with Crippen LogP contribution in [0.25, 0.3) is 21.2 Å². The maximum Gasteiger partial charge on any atom is 0.346 e. The molecule has 1 atom stereocenters. The van der Waals surface area contributed by atoms with Gasteiger partial charge in [-0.25, -0.2) is 18.0 Å². The average Bonchev–Trinajstić information content (AvgIpc) is 2.93. The van der Waals surface area contributed by atoms with Crippen LogP contribution in [-0.2, 0) is 6.42 Å². The van der Waals surface area contributed by atoms with Crippen molar-refractivity contribution in [3.05, 3.63) is 52.2 Å². The molecule has 0 bridgehead atoms. The number of carboxylic acid groups (broad SMARTS) is 1. The van der Waals surface area contributed by atoms with Crippen molar-refractivity contribution in [2.75, 3.05) is 0 Å². The van der Waals surface area contributed by atoms with Gasteiger partial charge in [0.2, 0.25) is 0 Å². The highest BCUT2D eigenvalue weighted by Gasteiger charge is 2.30. The summed E-state index contributed by atoms with van der Waals surface area (Å²) in [6.07, 6.45) is 0.803. The molecule has 0 fully saturated rings. The van der Waals surface area contributed by atoms with E-state index in [9.17, 15) is 18.7 Å². The van der Waals surface area contributed by atoms with Crippen LogP contribution in [0.5, 0.6) is 5.75 Å². The summed E-state index contributed by atoms with van der Waals surface area (Å²) in [4.78, 5) is 11.4. The zero-order valence-corrected chi connectivity index (χ0v) is 14.4. The molecule has 1 aliphatic rings. The van der Waals surface area contributed by atoms with E-state index < -0.39 is 29.0 Å². The number of fused-ring (bicyclic) bond motifs is 2. The van der Waals surface area contributed by atoms with Gasteiger partial charge in [0.15, 0.2) is 0 Å². The Hall–Kier alpha value is -2.54. The molecular formula is C19H13F3O3S. The van der Waals surface area contributed by atoms with Crippen LogP contribution in [-0.4, -0.2) is 17.2 Å². The number of rotatable bonds is 2. The van der Waals surface area contributed by atoms with Crippen molar-refractivity contribution in [1.82, 2.24) is 0 Å². The first-order chi connectivity index (χ1) is 12.4. The van der Waals surface area contributed by atoms with Gasteiger partial charge in [-0.05, 0) is 38.0 Å². The lowest BCUT2D eigenvalue weighted by molar-refractivity contribution is 0.0703. The lowest BCUT2D eigenvalue weighted by Gasteiger charge is -2.24. The van der Waals surface area contributed by atoms with Crippen molar-refractivity contribution in [3.8, 4) is 16.9 Å². The van der Waals surface area contributed by atoms with Crippen molar-refractivity contribution in [2.45, 2.75) is 25.9 Å². The van der Waals surface area contributed by atoms with Crippen molar-refractivity contribution in [3.63, 3.8) is 0 Å². The van der Waals surface area contributed by atoms with E-state index in [4.69, 9.17) is 4.74 Å². The summed E-state index contributed by atoms with van der Waals surface area (Å²) in [7, 11) is 0. The van der Waals surface area contributed by atoms with Crippen LogP contribution in [0.4, 0.5) is 13.2 Å². The smallest absolute Gasteiger partial charge is 0.346 e. The number of halogens is 3. The minimum Gasteiger partial charge on any atom is -0.490 e. The zero-order chi connectivity index (χ0) is 18.6. The van der Waals surface area contributed by atoms with Gasteiger partial charge < -0.3 is 9.84 Å². The van der Waals surface area contributed by atoms with E-state index in [1.54, 1.807) is 0 Å². The minimum absolute atomic E-state index is 0.0612. The van der Waals surface area contributed by atoms with E-state index in [1.807, 2.05) is 6.92 Å². The fourth-order valence-corrected chi connectivity index (χ4v) is 4.37. The first kappa shape index (κ1) is 16.9. The molecule has 0 saturated carbocycles. The Bertz CT molecular complexity index is 1060. The summed E-state index contributed by atoms with van der Waals surface area (Å²) in [5.74, 6) is -3.44.